The first-order valence-corrected chi connectivity index (χ1v) is 7.18. The number of carboxylic acids is 1. The number of rotatable bonds is 3. The summed E-state index contributed by atoms with van der Waals surface area (Å²) in [7, 11) is 0. The van der Waals surface area contributed by atoms with Gasteiger partial charge in [-0.25, -0.2) is 4.79 Å². The third-order valence-corrected chi connectivity index (χ3v) is 4.36. The number of thiophene rings is 1. The van der Waals surface area contributed by atoms with E-state index in [2.05, 4.69) is 0 Å². The Balaban J connectivity index is 1.90. The van der Waals surface area contributed by atoms with Crippen LogP contribution in [-0.2, 0) is 0 Å². The van der Waals surface area contributed by atoms with Gasteiger partial charge in [-0.3, -0.25) is 0 Å². The van der Waals surface area contributed by atoms with E-state index in [1.54, 1.807) is 35.6 Å². The number of benzene rings is 2. The van der Waals surface area contributed by atoms with E-state index >= 15 is 0 Å². The third kappa shape index (κ3) is 2.80. The summed E-state index contributed by atoms with van der Waals surface area (Å²) in [6.07, 6.45) is 0. The lowest BCUT2D eigenvalue weighted by atomic mass is 10.1. The number of hydrogen-bond acceptors (Lipinski definition) is 3. The Morgan fingerprint density at radius 1 is 0.762 bits per heavy atom. The Kier molecular flexibility index (Phi) is 3.46. The number of aromatic carboxylic acids is 1. The van der Waals surface area contributed by atoms with Crippen LogP contribution >= 0.6 is 11.3 Å². The van der Waals surface area contributed by atoms with Gasteiger partial charge in [0.15, 0.2) is 0 Å². The summed E-state index contributed by atoms with van der Waals surface area (Å²) in [5, 5.41) is 18.2. The summed E-state index contributed by atoms with van der Waals surface area (Å²) in [5.41, 5.74) is 2.33. The van der Waals surface area contributed by atoms with Crippen LogP contribution in [0, 0.1) is 0 Å². The van der Waals surface area contributed by atoms with Crippen molar-refractivity contribution in [3.63, 3.8) is 0 Å². The number of aromatic hydroxyl groups is 1. The first-order valence-electron chi connectivity index (χ1n) is 6.36. The highest BCUT2D eigenvalue weighted by Gasteiger charge is 2.07. The maximum absolute atomic E-state index is 10.8. The predicted octanol–water partition coefficient (Wildman–Crippen LogP) is 4.49. The number of carbonyl (C=O) groups is 1. The maximum atomic E-state index is 10.8. The minimum Gasteiger partial charge on any atom is -0.508 e. The van der Waals surface area contributed by atoms with Crippen molar-refractivity contribution in [2.24, 2.45) is 0 Å². The number of phenols is 1. The van der Waals surface area contributed by atoms with E-state index in [0.717, 1.165) is 20.9 Å². The summed E-state index contributed by atoms with van der Waals surface area (Å²) < 4.78 is 0. The zero-order valence-electron chi connectivity index (χ0n) is 11.0. The van der Waals surface area contributed by atoms with Crippen LogP contribution in [0.15, 0.2) is 60.7 Å². The zero-order chi connectivity index (χ0) is 14.8. The van der Waals surface area contributed by atoms with E-state index in [9.17, 15) is 9.90 Å². The summed E-state index contributed by atoms with van der Waals surface area (Å²) in [6, 6.07) is 18.0. The van der Waals surface area contributed by atoms with Gasteiger partial charge in [0.25, 0.3) is 0 Å². The Bertz CT molecular complexity index is 771. The van der Waals surface area contributed by atoms with Crippen LogP contribution < -0.4 is 0 Å². The largest absolute Gasteiger partial charge is 0.508 e. The van der Waals surface area contributed by atoms with Crippen LogP contribution in [-0.4, -0.2) is 16.2 Å². The molecule has 0 saturated carbocycles. The lowest BCUT2D eigenvalue weighted by Gasteiger charge is -1.99. The third-order valence-electron chi connectivity index (χ3n) is 3.17. The molecule has 2 aromatic carbocycles. The average molecular weight is 296 g/mol. The van der Waals surface area contributed by atoms with Crippen LogP contribution in [0.25, 0.3) is 20.9 Å². The summed E-state index contributed by atoms with van der Waals surface area (Å²) in [4.78, 5) is 13.0. The van der Waals surface area contributed by atoms with Gasteiger partial charge in [-0.1, -0.05) is 12.1 Å². The molecule has 4 heteroatoms. The van der Waals surface area contributed by atoms with Crippen molar-refractivity contribution in [2.45, 2.75) is 0 Å². The molecule has 0 unspecified atom stereocenters. The first-order chi connectivity index (χ1) is 10.1. The molecule has 0 aliphatic heterocycles. The molecular weight excluding hydrogens is 284 g/mol. The Morgan fingerprint density at radius 3 is 1.71 bits per heavy atom. The Morgan fingerprint density at radius 2 is 1.24 bits per heavy atom. The van der Waals surface area contributed by atoms with Gasteiger partial charge in [0, 0.05) is 9.75 Å². The number of hydrogen-bond donors (Lipinski definition) is 2. The van der Waals surface area contributed by atoms with Crippen molar-refractivity contribution < 1.29 is 15.0 Å². The van der Waals surface area contributed by atoms with E-state index < -0.39 is 5.97 Å². The molecule has 0 spiro atoms. The normalized spacial score (nSPS) is 10.5. The van der Waals surface area contributed by atoms with Crippen LogP contribution in [0.1, 0.15) is 10.4 Å². The van der Waals surface area contributed by atoms with Crippen LogP contribution in [0.2, 0.25) is 0 Å². The van der Waals surface area contributed by atoms with Gasteiger partial charge in [-0.15, -0.1) is 11.3 Å². The van der Waals surface area contributed by atoms with Gasteiger partial charge in [0.2, 0.25) is 0 Å². The summed E-state index contributed by atoms with van der Waals surface area (Å²) in [6.45, 7) is 0. The SMILES string of the molecule is O=C(O)c1ccc(-c2ccc(-c3ccc(O)cc3)s2)cc1. The van der Waals surface area contributed by atoms with Crippen molar-refractivity contribution in [3.05, 3.63) is 66.2 Å². The smallest absolute Gasteiger partial charge is 0.335 e. The number of phenolic OH excluding ortho intramolecular Hbond substituents is 1. The van der Waals surface area contributed by atoms with Gasteiger partial charge < -0.3 is 10.2 Å². The molecule has 0 fully saturated rings. The topological polar surface area (TPSA) is 57.5 Å². The second kappa shape index (κ2) is 5.42. The molecule has 104 valence electrons. The van der Waals surface area contributed by atoms with Gasteiger partial charge in [0.1, 0.15) is 5.75 Å². The highest BCUT2D eigenvalue weighted by Crippen LogP contribution is 2.34. The highest BCUT2D eigenvalue weighted by atomic mass is 32.1. The van der Waals surface area contributed by atoms with Crippen molar-refractivity contribution in [2.75, 3.05) is 0 Å². The number of carboxylic acid groups (broad SMARTS) is 1. The maximum Gasteiger partial charge on any atom is 0.335 e. The minimum atomic E-state index is -0.919. The average Bonchev–Trinajstić information content (AvgIpc) is 2.98. The fourth-order valence-corrected chi connectivity index (χ4v) is 3.07. The molecule has 0 bridgehead atoms. The molecular formula is C17H12O3S. The summed E-state index contributed by atoms with van der Waals surface area (Å²) in [5.74, 6) is -0.669. The molecule has 0 saturated heterocycles. The molecule has 0 aliphatic carbocycles. The molecule has 3 nitrogen and oxygen atoms in total. The van der Waals surface area contributed by atoms with E-state index in [1.165, 1.54) is 0 Å². The zero-order valence-corrected chi connectivity index (χ0v) is 11.8. The molecule has 0 amide bonds. The van der Waals surface area contributed by atoms with E-state index in [4.69, 9.17) is 5.11 Å². The van der Waals surface area contributed by atoms with Gasteiger partial charge in [-0.2, -0.15) is 0 Å². The van der Waals surface area contributed by atoms with Crippen LogP contribution in [0.5, 0.6) is 5.75 Å². The Labute approximate surface area is 125 Å². The minimum absolute atomic E-state index is 0.250. The van der Waals surface area contributed by atoms with Gasteiger partial charge in [-0.05, 0) is 59.7 Å². The van der Waals surface area contributed by atoms with E-state index in [-0.39, 0.29) is 11.3 Å². The van der Waals surface area contributed by atoms with Gasteiger partial charge >= 0.3 is 5.97 Å². The molecule has 0 aliphatic rings. The molecule has 3 aromatic rings. The molecule has 0 radical (unpaired) electrons. The van der Waals surface area contributed by atoms with Gasteiger partial charge in [0.05, 0.1) is 5.56 Å². The second-order valence-corrected chi connectivity index (χ2v) is 5.68. The standard InChI is InChI=1S/C17H12O3S/c18-14-7-5-12(6-8-14)16-10-9-15(21-16)11-1-3-13(4-2-11)17(19)20/h1-10,18H,(H,19,20). The molecule has 1 heterocycles. The highest BCUT2D eigenvalue weighted by molar-refractivity contribution is 7.18. The van der Waals surface area contributed by atoms with Crippen LogP contribution in [0.4, 0.5) is 0 Å². The van der Waals surface area contributed by atoms with Crippen molar-refractivity contribution >= 4 is 17.3 Å². The predicted molar refractivity (Wildman–Crippen MR) is 83.8 cm³/mol. The molecule has 21 heavy (non-hydrogen) atoms. The van der Waals surface area contributed by atoms with E-state index in [1.807, 2.05) is 36.4 Å². The van der Waals surface area contributed by atoms with Crippen molar-refractivity contribution in [3.8, 4) is 26.6 Å². The fraction of sp³-hybridized carbons (Fsp3) is 0. The van der Waals surface area contributed by atoms with Crippen molar-refractivity contribution in [1.82, 2.24) is 0 Å². The van der Waals surface area contributed by atoms with Crippen molar-refractivity contribution in [1.29, 1.82) is 0 Å². The molecule has 0 atom stereocenters. The monoisotopic (exact) mass is 296 g/mol. The van der Waals surface area contributed by atoms with Crippen LogP contribution in [0.3, 0.4) is 0 Å². The fourth-order valence-electron chi connectivity index (χ4n) is 2.05. The van der Waals surface area contributed by atoms with E-state index in [0.29, 0.717) is 0 Å². The molecule has 3 rings (SSSR count). The lowest BCUT2D eigenvalue weighted by molar-refractivity contribution is 0.0697. The first kappa shape index (κ1) is 13.4. The molecule has 1 aromatic heterocycles. The lowest BCUT2D eigenvalue weighted by Crippen LogP contribution is -1.94. The Hall–Kier alpha value is -2.59. The second-order valence-electron chi connectivity index (χ2n) is 4.59. The summed E-state index contributed by atoms with van der Waals surface area (Å²) >= 11 is 1.63. The molecule has 2 N–H and O–H groups in total. The quantitative estimate of drug-likeness (QED) is 0.749.